The Morgan fingerprint density at radius 1 is 1.14 bits per heavy atom. The summed E-state index contributed by atoms with van der Waals surface area (Å²) >= 11 is 1.75. The van der Waals surface area contributed by atoms with Crippen molar-refractivity contribution in [1.29, 1.82) is 0 Å². The molecule has 0 atom stereocenters. The Balaban J connectivity index is 1.54. The van der Waals surface area contributed by atoms with Crippen molar-refractivity contribution in [2.24, 2.45) is 0 Å². The van der Waals surface area contributed by atoms with Crippen molar-refractivity contribution in [1.82, 2.24) is 9.88 Å². The molecule has 0 saturated carbocycles. The lowest BCUT2D eigenvalue weighted by atomic mass is 10.2. The third-order valence-electron chi connectivity index (χ3n) is 3.85. The molecule has 1 aliphatic rings. The van der Waals surface area contributed by atoms with Gasteiger partial charge in [0.15, 0.2) is 0 Å². The van der Waals surface area contributed by atoms with E-state index >= 15 is 0 Å². The SMILES string of the molecule is CCc1nc(CN2CCN(c3ccc(F)cc3)CC2)cs1. The Morgan fingerprint density at radius 2 is 1.86 bits per heavy atom. The molecule has 1 aliphatic heterocycles. The molecule has 0 N–H and O–H groups in total. The Labute approximate surface area is 129 Å². The van der Waals surface area contributed by atoms with Gasteiger partial charge in [-0.05, 0) is 30.7 Å². The van der Waals surface area contributed by atoms with Gasteiger partial charge in [0, 0.05) is 43.8 Å². The highest BCUT2D eigenvalue weighted by Gasteiger charge is 2.18. The second kappa shape index (κ2) is 6.54. The molecular formula is C16H20FN3S. The van der Waals surface area contributed by atoms with E-state index in [4.69, 9.17) is 0 Å². The second-order valence-corrected chi connectivity index (χ2v) is 6.27. The van der Waals surface area contributed by atoms with Gasteiger partial charge in [-0.3, -0.25) is 4.90 Å². The fourth-order valence-corrected chi connectivity index (χ4v) is 3.37. The molecule has 0 radical (unpaired) electrons. The van der Waals surface area contributed by atoms with Gasteiger partial charge in [-0.2, -0.15) is 0 Å². The minimum atomic E-state index is -0.173. The Hall–Kier alpha value is -1.46. The topological polar surface area (TPSA) is 19.4 Å². The number of benzene rings is 1. The molecule has 0 unspecified atom stereocenters. The molecule has 1 fully saturated rings. The average Bonchev–Trinajstić information content (AvgIpc) is 2.97. The highest BCUT2D eigenvalue weighted by Crippen LogP contribution is 2.18. The summed E-state index contributed by atoms with van der Waals surface area (Å²) in [6.07, 6.45) is 1.02. The van der Waals surface area contributed by atoms with Gasteiger partial charge in [-0.1, -0.05) is 6.92 Å². The van der Waals surface area contributed by atoms with E-state index in [0.717, 1.165) is 44.8 Å². The van der Waals surface area contributed by atoms with Crippen LogP contribution >= 0.6 is 11.3 Å². The zero-order valence-corrected chi connectivity index (χ0v) is 13.1. The number of hydrogen-bond acceptors (Lipinski definition) is 4. The number of halogens is 1. The fourth-order valence-electron chi connectivity index (χ4n) is 2.63. The first-order valence-electron chi connectivity index (χ1n) is 7.41. The van der Waals surface area contributed by atoms with Gasteiger partial charge < -0.3 is 4.90 Å². The van der Waals surface area contributed by atoms with Crippen molar-refractivity contribution in [3.05, 3.63) is 46.2 Å². The highest BCUT2D eigenvalue weighted by atomic mass is 32.1. The van der Waals surface area contributed by atoms with Crippen LogP contribution in [-0.2, 0) is 13.0 Å². The summed E-state index contributed by atoms with van der Waals surface area (Å²) in [6.45, 7) is 7.09. The largest absolute Gasteiger partial charge is 0.369 e. The first-order chi connectivity index (χ1) is 10.2. The molecule has 1 aromatic carbocycles. The van der Waals surface area contributed by atoms with Crippen LogP contribution in [0.1, 0.15) is 17.6 Å². The minimum absolute atomic E-state index is 0.173. The maximum absolute atomic E-state index is 13.0. The molecule has 5 heteroatoms. The highest BCUT2D eigenvalue weighted by molar-refractivity contribution is 7.09. The summed E-state index contributed by atoms with van der Waals surface area (Å²) in [6, 6.07) is 6.78. The van der Waals surface area contributed by atoms with E-state index in [9.17, 15) is 4.39 Å². The number of anilines is 1. The summed E-state index contributed by atoms with van der Waals surface area (Å²) in [5.74, 6) is -0.173. The fraction of sp³-hybridized carbons (Fsp3) is 0.438. The standard InChI is InChI=1S/C16H20FN3S/c1-2-16-18-14(12-21-16)11-19-7-9-20(10-8-19)15-5-3-13(17)4-6-15/h3-6,12H,2,7-11H2,1H3. The third kappa shape index (κ3) is 3.60. The summed E-state index contributed by atoms with van der Waals surface area (Å²) in [7, 11) is 0. The van der Waals surface area contributed by atoms with Crippen molar-refractivity contribution in [2.75, 3.05) is 31.1 Å². The van der Waals surface area contributed by atoms with Crippen LogP contribution in [0.2, 0.25) is 0 Å². The van der Waals surface area contributed by atoms with Crippen molar-refractivity contribution in [3.8, 4) is 0 Å². The van der Waals surface area contributed by atoms with E-state index in [0.29, 0.717) is 0 Å². The van der Waals surface area contributed by atoms with Gasteiger partial charge in [-0.15, -0.1) is 11.3 Å². The minimum Gasteiger partial charge on any atom is -0.369 e. The maximum Gasteiger partial charge on any atom is 0.123 e. The predicted octanol–water partition coefficient (Wildman–Crippen LogP) is 3.17. The van der Waals surface area contributed by atoms with E-state index in [-0.39, 0.29) is 5.82 Å². The smallest absolute Gasteiger partial charge is 0.123 e. The van der Waals surface area contributed by atoms with Crippen LogP contribution in [0.15, 0.2) is 29.6 Å². The van der Waals surface area contributed by atoms with Crippen molar-refractivity contribution < 1.29 is 4.39 Å². The van der Waals surface area contributed by atoms with Gasteiger partial charge in [-0.25, -0.2) is 9.37 Å². The second-order valence-electron chi connectivity index (χ2n) is 5.33. The van der Waals surface area contributed by atoms with Crippen LogP contribution in [0.4, 0.5) is 10.1 Å². The molecule has 112 valence electrons. The first kappa shape index (κ1) is 14.5. The number of nitrogens with zero attached hydrogens (tertiary/aromatic N) is 3. The molecule has 21 heavy (non-hydrogen) atoms. The lowest BCUT2D eigenvalue weighted by Gasteiger charge is -2.35. The first-order valence-corrected chi connectivity index (χ1v) is 8.28. The molecule has 0 aliphatic carbocycles. The Kier molecular flexibility index (Phi) is 4.51. The van der Waals surface area contributed by atoms with E-state index in [1.165, 1.54) is 22.8 Å². The number of aromatic nitrogens is 1. The normalized spacial score (nSPS) is 16.4. The lowest BCUT2D eigenvalue weighted by molar-refractivity contribution is 0.247. The van der Waals surface area contributed by atoms with E-state index in [1.54, 1.807) is 11.3 Å². The molecule has 0 bridgehead atoms. The van der Waals surface area contributed by atoms with Crippen LogP contribution in [0, 0.1) is 5.82 Å². The van der Waals surface area contributed by atoms with Crippen LogP contribution in [-0.4, -0.2) is 36.1 Å². The van der Waals surface area contributed by atoms with Crippen molar-refractivity contribution in [3.63, 3.8) is 0 Å². The van der Waals surface area contributed by atoms with Crippen molar-refractivity contribution >= 4 is 17.0 Å². The molecule has 0 amide bonds. The van der Waals surface area contributed by atoms with Crippen LogP contribution in [0.3, 0.4) is 0 Å². The van der Waals surface area contributed by atoms with Gasteiger partial charge in [0.1, 0.15) is 5.82 Å². The van der Waals surface area contributed by atoms with Crippen LogP contribution in [0.5, 0.6) is 0 Å². The van der Waals surface area contributed by atoms with E-state index in [2.05, 4.69) is 27.1 Å². The maximum atomic E-state index is 13.0. The quantitative estimate of drug-likeness (QED) is 0.865. The summed E-state index contributed by atoms with van der Waals surface area (Å²) < 4.78 is 13.0. The molecule has 0 spiro atoms. The Morgan fingerprint density at radius 3 is 2.48 bits per heavy atom. The molecule has 3 nitrogen and oxygen atoms in total. The molecule has 2 heterocycles. The van der Waals surface area contributed by atoms with Gasteiger partial charge in [0.2, 0.25) is 0 Å². The van der Waals surface area contributed by atoms with Crippen molar-refractivity contribution in [2.45, 2.75) is 19.9 Å². The lowest BCUT2D eigenvalue weighted by Crippen LogP contribution is -2.46. The predicted molar refractivity (Wildman–Crippen MR) is 85.4 cm³/mol. The van der Waals surface area contributed by atoms with Gasteiger partial charge >= 0.3 is 0 Å². The zero-order chi connectivity index (χ0) is 14.7. The number of rotatable bonds is 4. The number of thiazole rings is 1. The van der Waals surface area contributed by atoms with Gasteiger partial charge in [0.05, 0.1) is 10.7 Å². The van der Waals surface area contributed by atoms with E-state index in [1.807, 2.05) is 12.1 Å². The molecule has 1 saturated heterocycles. The summed E-state index contributed by atoms with van der Waals surface area (Å²) in [5, 5.41) is 3.39. The summed E-state index contributed by atoms with van der Waals surface area (Å²) in [4.78, 5) is 9.38. The van der Waals surface area contributed by atoms with Crippen LogP contribution < -0.4 is 4.90 Å². The number of aryl methyl sites for hydroxylation is 1. The monoisotopic (exact) mass is 305 g/mol. The van der Waals surface area contributed by atoms with Crippen LogP contribution in [0.25, 0.3) is 0 Å². The average molecular weight is 305 g/mol. The molecule has 2 aromatic rings. The molecular weight excluding hydrogens is 285 g/mol. The molecule has 3 rings (SSSR count). The third-order valence-corrected chi connectivity index (χ3v) is 4.89. The zero-order valence-electron chi connectivity index (χ0n) is 12.3. The number of piperazine rings is 1. The van der Waals surface area contributed by atoms with E-state index < -0.39 is 0 Å². The van der Waals surface area contributed by atoms with Gasteiger partial charge in [0.25, 0.3) is 0 Å². The Bertz CT molecular complexity index is 573. The number of hydrogen-bond donors (Lipinski definition) is 0. The summed E-state index contributed by atoms with van der Waals surface area (Å²) in [5.41, 5.74) is 2.30. The molecule has 1 aromatic heterocycles.